The summed E-state index contributed by atoms with van der Waals surface area (Å²) >= 11 is 0. The van der Waals surface area contributed by atoms with Crippen molar-refractivity contribution in [2.75, 3.05) is 27.4 Å². The Morgan fingerprint density at radius 2 is 2.10 bits per heavy atom. The molecule has 0 bridgehead atoms. The summed E-state index contributed by atoms with van der Waals surface area (Å²) in [4.78, 5) is 0. The topological polar surface area (TPSA) is 50.7 Å². The first kappa shape index (κ1) is 15.1. The summed E-state index contributed by atoms with van der Waals surface area (Å²) in [6.07, 6.45) is 3.27. The van der Waals surface area contributed by atoms with E-state index >= 15 is 0 Å². The van der Waals surface area contributed by atoms with Crippen LogP contribution in [-0.2, 0) is 6.42 Å². The van der Waals surface area contributed by atoms with Crippen LogP contribution >= 0.6 is 0 Å². The predicted octanol–water partition coefficient (Wildman–Crippen LogP) is 2.00. The van der Waals surface area contributed by atoms with E-state index < -0.39 is 0 Å². The highest BCUT2D eigenvalue weighted by Gasteiger charge is 2.44. The molecule has 1 aromatic rings. The number of likely N-dealkylation sites (N-methyl/N-ethyl adjacent to an activating group) is 1. The van der Waals surface area contributed by atoms with Crippen molar-refractivity contribution >= 4 is 0 Å². The van der Waals surface area contributed by atoms with E-state index in [1.54, 1.807) is 7.11 Å². The first-order valence-corrected chi connectivity index (χ1v) is 7.28. The molecule has 0 radical (unpaired) electrons. The number of rotatable bonds is 8. The van der Waals surface area contributed by atoms with Crippen LogP contribution in [0, 0.1) is 5.92 Å². The summed E-state index contributed by atoms with van der Waals surface area (Å²) < 4.78 is 11.3. The molecule has 0 spiro atoms. The van der Waals surface area contributed by atoms with Gasteiger partial charge in [0.1, 0.15) is 6.61 Å². The number of nitrogens with one attached hydrogen (secondary N) is 1. The first-order valence-electron chi connectivity index (χ1n) is 7.28. The number of ether oxygens (including phenoxy) is 2. The molecule has 0 amide bonds. The molecule has 112 valence electrons. The first-order chi connectivity index (χ1) is 9.69. The zero-order valence-corrected chi connectivity index (χ0v) is 12.6. The third-order valence-electron chi connectivity index (χ3n) is 4.26. The van der Waals surface area contributed by atoms with Crippen molar-refractivity contribution in [1.29, 1.82) is 0 Å². The molecule has 1 fully saturated rings. The van der Waals surface area contributed by atoms with Gasteiger partial charge in [-0.05, 0) is 49.9 Å². The van der Waals surface area contributed by atoms with Gasteiger partial charge >= 0.3 is 0 Å². The molecule has 1 aliphatic rings. The molecule has 2 N–H and O–H groups in total. The van der Waals surface area contributed by atoms with Gasteiger partial charge in [-0.15, -0.1) is 0 Å². The van der Waals surface area contributed by atoms with Crippen molar-refractivity contribution in [3.05, 3.63) is 23.8 Å². The zero-order chi connectivity index (χ0) is 14.6. The summed E-state index contributed by atoms with van der Waals surface area (Å²) in [5, 5.41) is 12.9. The molecular weight excluding hydrogens is 254 g/mol. The highest BCUT2D eigenvalue weighted by atomic mass is 16.5. The maximum atomic E-state index is 9.70. The van der Waals surface area contributed by atoms with E-state index in [0.717, 1.165) is 30.8 Å². The SMILES string of the molecule is CCc1ccc(OCC(CO)(NC)C2CC2)c(OC)c1. The molecule has 2 rings (SSSR count). The highest BCUT2D eigenvalue weighted by Crippen LogP contribution is 2.40. The van der Waals surface area contributed by atoms with Gasteiger partial charge in [-0.1, -0.05) is 13.0 Å². The average Bonchev–Trinajstić information content (AvgIpc) is 3.34. The molecular formula is C16H25NO3. The largest absolute Gasteiger partial charge is 0.493 e. The molecule has 0 aliphatic heterocycles. The van der Waals surface area contributed by atoms with E-state index in [1.165, 1.54) is 5.56 Å². The van der Waals surface area contributed by atoms with Crippen LogP contribution in [0.2, 0.25) is 0 Å². The van der Waals surface area contributed by atoms with E-state index in [4.69, 9.17) is 9.47 Å². The van der Waals surface area contributed by atoms with Crippen molar-refractivity contribution in [1.82, 2.24) is 5.32 Å². The lowest BCUT2D eigenvalue weighted by molar-refractivity contribution is 0.0900. The number of aliphatic hydroxyl groups is 1. The Balaban J connectivity index is 2.09. The van der Waals surface area contributed by atoms with Crippen LogP contribution in [0.1, 0.15) is 25.3 Å². The Hall–Kier alpha value is -1.26. The van der Waals surface area contributed by atoms with Crippen molar-refractivity contribution in [3.8, 4) is 11.5 Å². The smallest absolute Gasteiger partial charge is 0.161 e. The molecule has 4 nitrogen and oxygen atoms in total. The summed E-state index contributed by atoms with van der Waals surface area (Å²) in [7, 11) is 3.54. The molecule has 0 aromatic heterocycles. The van der Waals surface area contributed by atoms with Gasteiger partial charge in [-0.25, -0.2) is 0 Å². The van der Waals surface area contributed by atoms with Crippen LogP contribution in [0.3, 0.4) is 0 Å². The molecule has 4 heteroatoms. The lowest BCUT2D eigenvalue weighted by Crippen LogP contribution is -2.53. The maximum Gasteiger partial charge on any atom is 0.161 e. The number of benzene rings is 1. The fourth-order valence-corrected chi connectivity index (χ4v) is 2.54. The minimum absolute atomic E-state index is 0.0868. The maximum absolute atomic E-state index is 9.70. The van der Waals surface area contributed by atoms with E-state index in [0.29, 0.717) is 12.5 Å². The highest BCUT2D eigenvalue weighted by molar-refractivity contribution is 5.43. The summed E-state index contributed by atoms with van der Waals surface area (Å²) in [5.74, 6) is 1.99. The monoisotopic (exact) mass is 279 g/mol. The second kappa shape index (κ2) is 6.46. The second-order valence-corrected chi connectivity index (χ2v) is 5.47. The molecule has 1 aliphatic carbocycles. The van der Waals surface area contributed by atoms with Crippen LogP contribution in [0.15, 0.2) is 18.2 Å². The van der Waals surface area contributed by atoms with Crippen molar-refractivity contribution in [3.63, 3.8) is 0 Å². The minimum atomic E-state index is -0.339. The third-order valence-corrected chi connectivity index (χ3v) is 4.26. The van der Waals surface area contributed by atoms with Gasteiger partial charge in [0, 0.05) is 0 Å². The van der Waals surface area contributed by atoms with Gasteiger partial charge in [-0.2, -0.15) is 0 Å². The van der Waals surface area contributed by atoms with Gasteiger partial charge in [0.2, 0.25) is 0 Å². The summed E-state index contributed by atoms with van der Waals surface area (Å²) in [6, 6.07) is 6.00. The normalized spacial score (nSPS) is 17.6. The van der Waals surface area contributed by atoms with Crippen molar-refractivity contribution in [2.45, 2.75) is 31.7 Å². The van der Waals surface area contributed by atoms with Gasteiger partial charge in [0.05, 0.1) is 19.3 Å². The van der Waals surface area contributed by atoms with E-state index in [-0.39, 0.29) is 12.1 Å². The lowest BCUT2D eigenvalue weighted by atomic mass is 9.95. The number of aryl methyl sites for hydroxylation is 1. The van der Waals surface area contributed by atoms with Gasteiger partial charge in [0.15, 0.2) is 11.5 Å². The number of methoxy groups -OCH3 is 1. The standard InChI is InChI=1S/C16H25NO3/c1-4-12-5-8-14(15(9-12)19-3)20-11-16(10-18,17-2)13-6-7-13/h5,8-9,13,17-18H,4,6-7,10-11H2,1-3H3. The van der Waals surface area contributed by atoms with Gasteiger partial charge < -0.3 is 19.9 Å². The van der Waals surface area contributed by atoms with Gasteiger partial charge in [0.25, 0.3) is 0 Å². The molecule has 1 saturated carbocycles. The van der Waals surface area contributed by atoms with Gasteiger partial charge in [-0.3, -0.25) is 0 Å². The fourth-order valence-electron chi connectivity index (χ4n) is 2.54. The second-order valence-electron chi connectivity index (χ2n) is 5.47. The number of aliphatic hydroxyl groups excluding tert-OH is 1. The van der Waals surface area contributed by atoms with Crippen LogP contribution in [-0.4, -0.2) is 38.0 Å². The molecule has 1 aromatic carbocycles. The summed E-state index contributed by atoms with van der Waals surface area (Å²) in [6.45, 7) is 2.65. The van der Waals surface area contributed by atoms with E-state index in [2.05, 4.69) is 18.3 Å². The number of hydrogen-bond acceptors (Lipinski definition) is 4. The lowest BCUT2D eigenvalue weighted by Gasteiger charge is -2.31. The zero-order valence-electron chi connectivity index (χ0n) is 12.6. The molecule has 0 heterocycles. The molecule has 0 saturated heterocycles. The third kappa shape index (κ3) is 3.07. The quantitative estimate of drug-likeness (QED) is 0.764. The summed E-state index contributed by atoms with van der Waals surface area (Å²) in [5.41, 5.74) is 0.882. The predicted molar refractivity (Wildman–Crippen MR) is 79.5 cm³/mol. The Labute approximate surface area is 121 Å². The Morgan fingerprint density at radius 3 is 2.60 bits per heavy atom. The van der Waals surface area contributed by atoms with Crippen molar-refractivity contribution < 1.29 is 14.6 Å². The minimum Gasteiger partial charge on any atom is -0.493 e. The van der Waals surface area contributed by atoms with Crippen LogP contribution < -0.4 is 14.8 Å². The average molecular weight is 279 g/mol. The Bertz CT molecular complexity index is 439. The van der Waals surface area contributed by atoms with Crippen LogP contribution in [0.5, 0.6) is 11.5 Å². The Morgan fingerprint density at radius 1 is 1.35 bits per heavy atom. The van der Waals surface area contributed by atoms with Crippen LogP contribution in [0.25, 0.3) is 0 Å². The number of hydrogen-bond donors (Lipinski definition) is 2. The molecule has 20 heavy (non-hydrogen) atoms. The fraction of sp³-hybridized carbons (Fsp3) is 0.625. The Kier molecular flexibility index (Phi) is 4.89. The molecule has 1 unspecified atom stereocenters. The molecule has 1 atom stereocenters. The van der Waals surface area contributed by atoms with E-state index in [9.17, 15) is 5.11 Å². The van der Waals surface area contributed by atoms with E-state index in [1.807, 2.05) is 19.2 Å². The van der Waals surface area contributed by atoms with Crippen molar-refractivity contribution in [2.24, 2.45) is 5.92 Å². The van der Waals surface area contributed by atoms with Crippen LogP contribution in [0.4, 0.5) is 0 Å².